The number of aryl methyl sites for hydroxylation is 2. The summed E-state index contributed by atoms with van der Waals surface area (Å²) in [6.07, 6.45) is 7.80. The molecule has 0 atom stereocenters. The summed E-state index contributed by atoms with van der Waals surface area (Å²) < 4.78 is 8.40. The lowest BCUT2D eigenvalue weighted by molar-refractivity contribution is -0.689. The highest BCUT2D eigenvalue weighted by molar-refractivity contribution is 5.80. The van der Waals surface area contributed by atoms with Crippen molar-refractivity contribution >= 4 is 11.6 Å². The topological polar surface area (TPSA) is 13.1 Å². The van der Waals surface area contributed by atoms with Crippen molar-refractivity contribution in [3.63, 3.8) is 0 Å². The Labute approximate surface area is 148 Å². The Kier molecular flexibility index (Phi) is 4.33. The molecule has 0 fully saturated rings. The standard InChI is InChI=1S/C20H22NO.BrH/c1-20(2)10-8-17-14-15(6-7-19(17)22-20)13-16-9-12-21-11-4-3-5-18(16)21;/h3-7,11,13-14H,8-10,12H2,1-2H3;1H/q+1;/p-1. The number of benzene rings is 1. The Bertz CT molecular complexity index is 764. The smallest absolute Gasteiger partial charge is 0.208 e. The minimum atomic E-state index is -0.0337. The molecule has 0 saturated heterocycles. The number of pyridine rings is 1. The van der Waals surface area contributed by atoms with Gasteiger partial charge in [0.25, 0.3) is 0 Å². The largest absolute Gasteiger partial charge is 1.00 e. The molecule has 1 aromatic carbocycles. The third-order valence-corrected chi connectivity index (χ3v) is 4.70. The summed E-state index contributed by atoms with van der Waals surface area (Å²) in [4.78, 5) is 0. The van der Waals surface area contributed by atoms with E-state index in [0.29, 0.717) is 0 Å². The van der Waals surface area contributed by atoms with Gasteiger partial charge in [0, 0.05) is 24.1 Å². The van der Waals surface area contributed by atoms with Crippen LogP contribution in [0.2, 0.25) is 0 Å². The van der Waals surface area contributed by atoms with Crippen molar-refractivity contribution in [3.8, 4) is 5.75 Å². The highest BCUT2D eigenvalue weighted by Gasteiger charge is 2.27. The van der Waals surface area contributed by atoms with Gasteiger partial charge in [-0.15, -0.1) is 0 Å². The first kappa shape index (κ1) is 16.3. The molecule has 23 heavy (non-hydrogen) atoms. The summed E-state index contributed by atoms with van der Waals surface area (Å²) in [6.45, 7) is 5.42. The summed E-state index contributed by atoms with van der Waals surface area (Å²) in [6, 6.07) is 13.0. The zero-order chi connectivity index (χ0) is 15.2. The molecule has 0 N–H and O–H groups in total. The van der Waals surface area contributed by atoms with E-state index in [1.165, 1.54) is 22.4 Å². The fraction of sp³-hybridized carbons (Fsp3) is 0.350. The third kappa shape index (κ3) is 3.20. The molecule has 0 saturated carbocycles. The van der Waals surface area contributed by atoms with E-state index >= 15 is 0 Å². The van der Waals surface area contributed by atoms with Gasteiger partial charge in [0.2, 0.25) is 5.69 Å². The van der Waals surface area contributed by atoms with E-state index in [9.17, 15) is 0 Å². The van der Waals surface area contributed by atoms with Crippen LogP contribution in [0.3, 0.4) is 0 Å². The third-order valence-electron chi connectivity index (χ3n) is 4.70. The highest BCUT2D eigenvalue weighted by Crippen LogP contribution is 2.34. The van der Waals surface area contributed by atoms with E-state index in [4.69, 9.17) is 4.74 Å². The van der Waals surface area contributed by atoms with E-state index in [2.05, 4.69) is 67.1 Å². The highest BCUT2D eigenvalue weighted by atomic mass is 79.9. The van der Waals surface area contributed by atoms with Crippen molar-refractivity contribution < 1.29 is 26.3 Å². The van der Waals surface area contributed by atoms with E-state index in [0.717, 1.165) is 31.6 Å². The van der Waals surface area contributed by atoms with Crippen molar-refractivity contribution in [1.82, 2.24) is 0 Å². The Morgan fingerprint density at radius 3 is 2.87 bits per heavy atom. The molecule has 0 amide bonds. The van der Waals surface area contributed by atoms with Crippen molar-refractivity contribution in [1.29, 1.82) is 0 Å². The van der Waals surface area contributed by atoms with Crippen LogP contribution in [-0.4, -0.2) is 5.60 Å². The van der Waals surface area contributed by atoms with Crippen LogP contribution in [0.4, 0.5) is 0 Å². The summed E-state index contributed by atoms with van der Waals surface area (Å²) in [5.41, 5.74) is 5.37. The molecule has 3 heteroatoms. The second-order valence-corrected chi connectivity index (χ2v) is 6.93. The lowest BCUT2D eigenvalue weighted by atomic mass is 9.93. The fourth-order valence-electron chi connectivity index (χ4n) is 3.45. The lowest BCUT2D eigenvalue weighted by Crippen LogP contribution is -3.00. The van der Waals surface area contributed by atoms with Crippen LogP contribution in [-0.2, 0) is 13.0 Å². The van der Waals surface area contributed by atoms with Crippen LogP contribution in [0.1, 0.15) is 43.5 Å². The molecule has 2 aromatic rings. The molecule has 120 valence electrons. The number of fused-ring (bicyclic) bond motifs is 2. The molecule has 0 radical (unpaired) electrons. The van der Waals surface area contributed by atoms with Crippen molar-refractivity contribution in [3.05, 3.63) is 59.4 Å². The average molecular weight is 372 g/mol. The van der Waals surface area contributed by atoms with E-state index in [-0.39, 0.29) is 22.6 Å². The van der Waals surface area contributed by atoms with Gasteiger partial charge in [-0.2, -0.15) is 4.57 Å². The second-order valence-electron chi connectivity index (χ2n) is 6.93. The monoisotopic (exact) mass is 371 g/mol. The number of allylic oxidation sites excluding steroid dienone is 1. The van der Waals surface area contributed by atoms with Crippen LogP contribution in [0.15, 0.2) is 42.6 Å². The van der Waals surface area contributed by atoms with Crippen LogP contribution >= 0.6 is 0 Å². The predicted molar refractivity (Wildman–Crippen MR) is 88.6 cm³/mol. The lowest BCUT2D eigenvalue weighted by Gasteiger charge is -2.32. The Morgan fingerprint density at radius 1 is 1.13 bits per heavy atom. The molecule has 0 unspecified atom stereocenters. The molecule has 4 rings (SSSR count). The van der Waals surface area contributed by atoms with Gasteiger partial charge in [0.15, 0.2) is 12.7 Å². The first-order chi connectivity index (χ1) is 10.6. The van der Waals surface area contributed by atoms with Crippen LogP contribution < -0.4 is 26.3 Å². The van der Waals surface area contributed by atoms with Gasteiger partial charge in [0.05, 0.1) is 0 Å². The average Bonchev–Trinajstić information content (AvgIpc) is 2.90. The number of ether oxygens (including phenoxy) is 1. The number of aromatic nitrogens is 1. The molecular formula is C20H22BrNO. The normalized spacial score (nSPS) is 19.5. The molecule has 2 aliphatic heterocycles. The molecule has 3 heterocycles. The van der Waals surface area contributed by atoms with Gasteiger partial charge in [-0.3, -0.25) is 0 Å². The quantitative estimate of drug-likeness (QED) is 0.682. The second kappa shape index (κ2) is 6.12. The maximum absolute atomic E-state index is 6.08. The number of halogens is 1. The number of hydrogen-bond donors (Lipinski definition) is 0. The van der Waals surface area contributed by atoms with Gasteiger partial charge in [-0.05, 0) is 62.1 Å². The zero-order valence-corrected chi connectivity index (χ0v) is 15.3. The van der Waals surface area contributed by atoms with Crippen LogP contribution in [0.25, 0.3) is 11.6 Å². The molecule has 0 bridgehead atoms. The first-order valence-corrected chi connectivity index (χ1v) is 8.12. The van der Waals surface area contributed by atoms with Gasteiger partial charge in [-0.1, -0.05) is 6.07 Å². The molecular weight excluding hydrogens is 350 g/mol. The Balaban J connectivity index is 0.00000156. The molecule has 0 aliphatic carbocycles. The van der Waals surface area contributed by atoms with Crippen LogP contribution in [0.5, 0.6) is 5.75 Å². The van der Waals surface area contributed by atoms with Crippen molar-refractivity contribution in [2.24, 2.45) is 0 Å². The molecule has 2 aliphatic rings. The van der Waals surface area contributed by atoms with Gasteiger partial charge < -0.3 is 21.7 Å². The minimum Gasteiger partial charge on any atom is -1.00 e. The SMILES string of the molecule is CC1(C)CCc2cc(C=C3CC[n+]4ccccc43)ccc2O1.[Br-]. The van der Waals surface area contributed by atoms with Crippen molar-refractivity contribution in [2.45, 2.75) is 45.3 Å². The fourth-order valence-corrected chi connectivity index (χ4v) is 3.45. The Hall–Kier alpha value is -1.61. The van der Waals surface area contributed by atoms with E-state index in [1.807, 2.05) is 0 Å². The van der Waals surface area contributed by atoms with Crippen LogP contribution in [0, 0.1) is 0 Å². The van der Waals surface area contributed by atoms with Gasteiger partial charge >= 0.3 is 0 Å². The number of nitrogens with zero attached hydrogens (tertiary/aromatic N) is 1. The maximum Gasteiger partial charge on any atom is 0.208 e. The molecule has 1 aromatic heterocycles. The van der Waals surface area contributed by atoms with Gasteiger partial charge in [0.1, 0.15) is 11.4 Å². The predicted octanol–water partition coefficient (Wildman–Crippen LogP) is 1.03. The summed E-state index contributed by atoms with van der Waals surface area (Å²) in [5.74, 6) is 1.06. The Morgan fingerprint density at radius 2 is 2.00 bits per heavy atom. The van der Waals surface area contributed by atoms with Gasteiger partial charge in [-0.25, -0.2) is 0 Å². The maximum atomic E-state index is 6.08. The zero-order valence-electron chi connectivity index (χ0n) is 13.7. The van der Waals surface area contributed by atoms with E-state index in [1.54, 1.807) is 0 Å². The number of hydrogen-bond acceptors (Lipinski definition) is 1. The first-order valence-electron chi connectivity index (χ1n) is 8.12. The minimum absolute atomic E-state index is 0. The summed E-state index contributed by atoms with van der Waals surface area (Å²) >= 11 is 0. The summed E-state index contributed by atoms with van der Waals surface area (Å²) in [5, 5.41) is 0. The molecule has 0 spiro atoms. The van der Waals surface area contributed by atoms with Crippen molar-refractivity contribution in [2.75, 3.05) is 0 Å². The van der Waals surface area contributed by atoms with E-state index < -0.39 is 0 Å². The summed E-state index contributed by atoms with van der Waals surface area (Å²) in [7, 11) is 0. The molecule has 2 nitrogen and oxygen atoms in total. The number of rotatable bonds is 1.